The van der Waals surface area contributed by atoms with Gasteiger partial charge in [-0.05, 0) is 12.5 Å². The van der Waals surface area contributed by atoms with Crippen LogP contribution in [0.3, 0.4) is 0 Å². The van der Waals surface area contributed by atoms with Crippen molar-refractivity contribution >= 4 is 11.9 Å². The summed E-state index contributed by atoms with van der Waals surface area (Å²) in [7, 11) is 1.87. The highest BCUT2D eigenvalue weighted by molar-refractivity contribution is 5.38. The Morgan fingerprint density at radius 2 is 2.05 bits per heavy atom. The van der Waals surface area contributed by atoms with Gasteiger partial charge in [-0.3, -0.25) is 0 Å². The fraction of sp³-hybridized carbons (Fsp3) is 0.357. The maximum atomic E-state index is 5.48. The van der Waals surface area contributed by atoms with E-state index in [1.807, 2.05) is 18.9 Å². The normalized spacial score (nSPS) is 9.70. The molecule has 1 N–H and O–H groups in total. The number of ether oxygens (including phenoxy) is 1. The molecule has 0 amide bonds. The second-order valence-electron chi connectivity index (χ2n) is 4.33. The van der Waals surface area contributed by atoms with E-state index >= 15 is 0 Å². The molecular formula is C14H21N5O. The van der Waals surface area contributed by atoms with E-state index in [-0.39, 0.29) is 6.01 Å². The van der Waals surface area contributed by atoms with Crippen LogP contribution >= 0.6 is 0 Å². The van der Waals surface area contributed by atoms with Crippen molar-refractivity contribution in [3.05, 3.63) is 37.5 Å². The van der Waals surface area contributed by atoms with Gasteiger partial charge in [0.15, 0.2) is 0 Å². The molecule has 20 heavy (non-hydrogen) atoms. The molecule has 1 aromatic rings. The molecule has 0 aliphatic rings. The molecule has 1 heterocycles. The zero-order valence-electron chi connectivity index (χ0n) is 12.1. The molecule has 108 valence electrons. The number of anilines is 2. The van der Waals surface area contributed by atoms with Crippen LogP contribution in [0.1, 0.15) is 6.92 Å². The first-order valence-electron chi connectivity index (χ1n) is 6.27. The number of hydrogen-bond donors (Lipinski definition) is 1. The third kappa shape index (κ3) is 5.09. The average Bonchev–Trinajstić information content (AvgIpc) is 2.43. The molecule has 6 nitrogen and oxygen atoms in total. The van der Waals surface area contributed by atoms with Crippen LogP contribution in [0.5, 0.6) is 6.01 Å². The highest BCUT2D eigenvalue weighted by atomic mass is 16.5. The maximum absolute atomic E-state index is 5.48. The third-order valence-electron chi connectivity index (χ3n) is 2.20. The van der Waals surface area contributed by atoms with E-state index in [1.54, 1.807) is 12.2 Å². The van der Waals surface area contributed by atoms with Crippen LogP contribution in [-0.4, -0.2) is 41.7 Å². The smallest absolute Gasteiger partial charge is 0.323 e. The van der Waals surface area contributed by atoms with Crippen LogP contribution in [0.2, 0.25) is 0 Å². The molecule has 0 unspecified atom stereocenters. The van der Waals surface area contributed by atoms with Crippen molar-refractivity contribution in [1.82, 2.24) is 15.0 Å². The lowest BCUT2D eigenvalue weighted by Gasteiger charge is -2.16. The summed E-state index contributed by atoms with van der Waals surface area (Å²) in [6.45, 7) is 14.6. The summed E-state index contributed by atoms with van der Waals surface area (Å²) in [5, 5.41) is 3.02. The highest BCUT2D eigenvalue weighted by Crippen LogP contribution is 2.14. The molecule has 0 bridgehead atoms. The molecular weight excluding hydrogens is 254 g/mol. The summed E-state index contributed by atoms with van der Waals surface area (Å²) >= 11 is 0. The van der Waals surface area contributed by atoms with Gasteiger partial charge in [0.05, 0.1) is 0 Å². The Bertz CT molecular complexity index is 486. The molecule has 0 aliphatic heterocycles. The number of nitrogens with zero attached hydrogens (tertiary/aromatic N) is 4. The van der Waals surface area contributed by atoms with Crippen LogP contribution in [0, 0.1) is 0 Å². The zero-order chi connectivity index (χ0) is 15.0. The van der Waals surface area contributed by atoms with Crippen molar-refractivity contribution in [3.63, 3.8) is 0 Å². The van der Waals surface area contributed by atoms with Gasteiger partial charge in [0.25, 0.3) is 0 Å². The van der Waals surface area contributed by atoms with Gasteiger partial charge >= 0.3 is 6.01 Å². The lowest BCUT2D eigenvalue weighted by molar-refractivity contribution is 0.323. The van der Waals surface area contributed by atoms with Crippen LogP contribution in [-0.2, 0) is 0 Å². The van der Waals surface area contributed by atoms with Crippen molar-refractivity contribution < 1.29 is 4.74 Å². The molecule has 0 aliphatic carbocycles. The first-order chi connectivity index (χ1) is 9.56. The van der Waals surface area contributed by atoms with E-state index < -0.39 is 0 Å². The molecule has 0 fully saturated rings. The van der Waals surface area contributed by atoms with Crippen LogP contribution in [0.25, 0.3) is 0 Å². The second-order valence-corrected chi connectivity index (χ2v) is 4.33. The first-order valence-corrected chi connectivity index (χ1v) is 6.27. The van der Waals surface area contributed by atoms with Crippen molar-refractivity contribution in [2.24, 2.45) is 0 Å². The van der Waals surface area contributed by atoms with Crippen LogP contribution < -0.4 is 15.0 Å². The van der Waals surface area contributed by atoms with Gasteiger partial charge in [0.1, 0.15) is 6.61 Å². The molecule has 0 aromatic carbocycles. The summed E-state index contributed by atoms with van der Waals surface area (Å²) in [6.07, 6.45) is 3.50. The van der Waals surface area contributed by atoms with Gasteiger partial charge in [0, 0.05) is 20.1 Å². The summed E-state index contributed by atoms with van der Waals surface area (Å²) in [4.78, 5) is 14.6. The van der Waals surface area contributed by atoms with E-state index in [0.717, 1.165) is 5.57 Å². The average molecular weight is 275 g/mol. The fourth-order valence-corrected chi connectivity index (χ4v) is 1.29. The van der Waals surface area contributed by atoms with E-state index in [2.05, 4.69) is 40.0 Å². The lowest BCUT2D eigenvalue weighted by Crippen LogP contribution is -2.21. The zero-order valence-corrected chi connectivity index (χ0v) is 12.1. The van der Waals surface area contributed by atoms with E-state index in [0.29, 0.717) is 31.6 Å². The van der Waals surface area contributed by atoms with Crippen molar-refractivity contribution in [2.45, 2.75) is 6.92 Å². The number of hydrogen-bond acceptors (Lipinski definition) is 6. The Morgan fingerprint density at radius 1 is 1.30 bits per heavy atom. The summed E-state index contributed by atoms with van der Waals surface area (Å²) in [5.41, 5.74) is 0.895. The van der Waals surface area contributed by atoms with Crippen molar-refractivity contribution in [1.29, 1.82) is 0 Å². The highest BCUT2D eigenvalue weighted by Gasteiger charge is 2.10. The van der Waals surface area contributed by atoms with E-state index in [4.69, 9.17) is 4.74 Å². The molecule has 0 saturated carbocycles. The predicted octanol–water partition coefficient (Wildman–Crippen LogP) is 2.05. The van der Waals surface area contributed by atoms with Crippen molar-refractivity contribution in [3.8, 4) is 6.01 Å². The summed E-state index contributed by atoms with van der Waals surface area (Å²) in [6, 6.07) is 0.264. The van der Waals surface area contributed by atoms with Gasteiger partial charge in [-0.2, -0.15) is 15.0 Å². The maximum Gasteiger partial charge on any atom is 0.323 e. The molecule has 0 spiro atoms. The van der Waals surface area contributed by atoms with Gasteiger partial charge in [-0.15, -0.1) is 13.2 Å². The van der Waals surface area contributed by atoms with Crippen LogP contribution in [0.15, 0.2) is 37.5 Å². The number of nitrogens with one attached hydrogen (secondary N) is 1. The Kier molecular flexibility index (Phi) is 6.22. The minimum Gasteiger partial charge on any atom is -0.459 e. The lowest BCUT2D eigenvalue weighted by atomic mass is 10.4. The molecule has 0 atom stereocenters. The quantitative estimate of drug-likeness (QED) is 0.696. The van der Waals surface area contributed by atoms with Gasteiger partial charge in [-0.25, -0.2) is 0 Å². The Hall–Kier alpha value is -2.37. The Balaban J connectivity index is 2.96. The molecule has 1 rings (SSSR count). The van der Waals surface area contributed by atoms with E-state index in [1.165, 1.54) is 0 Å². The van der Waals surface area contributed by atoms with Crippen molar-refractivity contribution in [2.75, 3.05) is 37.0 Å². The first kappa shape index (κ1) is 15.7. The topological polar surface area (TPSA) is 63.2 Å². The van der Waals surface area contributed by atoms with E-state index in [9.17, 15) is 0 Å². The minimum atomic E-state index is 0.264. The molecule has 0 saturated heterocycles. The summed E-state index contributed by atoms with van der Waals surface area (Å²) in [5.74, 6) is 0.964. The van der Waals surface area contributed by atoms with Crippen LogP contribution in [0.4, 0.5) is 11.9 Å². The summed E-state index contributed by atoms with van der Waals surface area (Å²) < 4.78 is 5.48. The largest absolute Gasteiger partial charge is 0.459 e. The second kappa shape index (κ2) is 7.93. The molecule has 6 heteroatoms. The Morgan fingerprint density at radius 3 is 2.65 bits per heavy atom. The predicted molar refractivity (Wildman–Crippen MR) is 82.3 cm³/mol. The molecule has 0 radical (unpaired) electrons. The third-order valence-corrected chi connectivity index (χ3v) is 2.20. The SMILES string of the molecule is C=CCNc1nc(OCC(=C)C)nc(N(C)CC=C)n1. The fourth-order valence-electron chi connectivity index (χ4n) is 1.29. The number of rotatable bonds is 9. The minimum absolute atomic E-state index is 0.264. The van der Waals surface area contributed by atoms with Gasteiger partial charge in [0.2, 0.25) is 11.9 Å². The molecule has 1 aromatic heterocycles. The van der Waals surface area contributed by atoms with Gasteiger partial charge in [-0.1, -0.05) is 18.7 Å². The standard InChI is InChI=1S/C14H21N5O/c1-6-8-15-12-16-13(19(5)9-7-2)18-14(17-12)20-10-11(3)4/h6-7H,1-3,8-10H2,4-5H3,(H,15,16,17,18). The number of likely N-dealkylation sites (N-methyl/N-ethyl adjacent to an activating group) is 1. The van der Waals surface area contributed by atoms with Gasteiger partial charge < -0.3 is 15.0 Å². The number of aromatic nitrogens is 3. The Labute approximate surface area is 119 Å². The monoisotopic (exact) mass is 275 g/mol.